The number of hydrogen-bond donors (Lipinski definition) is 3. The fourth-order valence-corrected chi connectivity index (χ4v) is 2.95. The van der Waals surface area contributed by atoms with E-state index in [1.165, 1.54) is 36.6 Å². The zero-order chi connectivity index (χ0) is 23.5. The van der Waals surface area contributed by atoms with Crippen molar-refractivity contribution in [2.75, 3.05) is 17.0 Å². The number of nitrogens with two attached hydrogens (primary N) is 1. The maximum absolute atomic E-state index is 13.7. The van der Waals surface area contributed by atoms with E-state index in [-0.39, 0.29) is 32.9 Å². The summed E-state index contributed by atoms with van der Waals surface area (Å²) in [5.74, 6) is -0.929. The van der Waals surface area contributed by atoms with Gasteiger partial charge in [-0.2, -0.15) is 23.4 Å². The lowest BCUT2D eigenvalue weighted by atomic mass is 10.1. The number of carbonyl (C=O) groups is 1. The lowest BCUT2D eigenvalue weighted by molar-refractivity contribution is -0.113. The van der Waals surface area contributed by atoms with E-state index in [0.29, 0.717) is 12.7 Å². The number of carbonyl (C=O) groups excluding carboxylic acids is 1. The Bertz CT molecular complexity index is 1130. The molecule has 9 nitrogen and oxygen atoms in total. The summed E-state index contributed by atoms with van der Waals surface area (Å²) in [7, 11) is 0. The third-order valence-corrected chi connectivity index (χ3v) is 4.77. The standard InChI is InChI=1S/C18H15Cl2F3N8O/c1-9-14(20)13(2-3-25-9)30-15(18(21,22)23)11(7-24)17(32)29-10-6-12(19)16(26-8-10)31-27-4-5-28-31/h2-4,6-8,28H,5,24H2,1H3,(H,29,32). The van der Waals surface area contributed by atoms with E-state index in [9.17, 15) is 18.0 Å². The van der Waals surface area contributed by atoms with Crippen LogP contribution in [0.1, 0.15) is 5.69 Å². The van der Waals surface area contributed by atoms with E-state index in [0.717, 1.165) is 0 Å². The van der Waals surface area contributed by atoms with Crippen molar-refractivity contribution in [1.29, 1.82) is 0 Å². The number of anilines is 2. The van der Waals surface area contributed by atoms with Crippen LogP contribution in [0.4, 0.5) is 30.4 Å². The van der Waals surface area contributed by atoms with Crippen LogP contribution in [0, 0.1) is 6.92 Å². The Hall–Kier alpha value is -3.22. The lowest BCUT2D eigenvalue weighted by Gasteiger charge is -2.16. The van der Waals surface area contributed by atoms with Gasteiger partial charge in [-0.05, 0) is 19.1 Å². The highest BCUT2D eigenvalue weighted by Gasteiger charge is 2.41. The zero-order valence-corrected chi connectivity index (χ0v) is 17.8. The maximum Gasteiger partial charge on any atom is 0.434 e. The van der Waals surface area contributed by atoms with E-state index < -0.39 is 23.4 Å². The molecule has 14 heteroatoms. The van der Waals surface area contributed by atoms with Gasteiger partial charge >= 0.3 is 6.18 Å². The molecule has 1 amide bonds. The monoisotopic (exact) mass is 486 g/mol. The molecule has 0 saturated carbocycles. The summed E-state index contributed by atoms with van der Waals surface area (Å²) < 4.78 is 41.2. The fraction of sp³-hybridized carbons (Fsp3) is 0.167. The summed E-state index contributed by atoms with van der Waals surface area (Å²) in [6.45, 7) is 1.98. The van der Waals surface area contributed by atoms with Crippen molar-refractivity contribution in [3.63, 3.8) is 0 Å². The van der Waals surface area contributed by atoms with Crippen LogP contribution in [-0.2, 0) is 4.79 Å². The smallest absolute Gasteiger partial charge is 0.404 e. The predicted molar refractivity (Wildman–Crippen MR) is 116 cm³/mol. The molecular weight excluding hydrogens is 472 g/mol. The number of alkyl halides is 3. The highest BCUT2D eigenvalue weighted by molar-refractivity contribution is 6.34. The molecule has 0 saturated heterocycles. The first-order valence-electron chi connectivity index (χ1n) is 8.84. The molecule has 168 valence electrons. The first-order valence-corrected chi connectivity index (χ1v) is 9.59. The van der Waals surface area contributed by atoms with Crippen molar-refractivity contribution < 1.29 is 18.0 Å². The average Bonchev–Trinajstić information content (AvgIpc) is 3.25. The van der Waals surface area contributed by atoms with Gasteiger partial charge in [0, 0.05) is 18.6 Å². The Labute approximate surface area is 189 Å². The number of nitrogens with zero attached hydrogens (tertiary/aromatic N) is 5. The van der Waals surface area contributed by atoms with E-state index in [2.05, 4.69) is 30.8 Å². The van der Waals surface area contributed by atoms with Gasteiger partial charge < -0.3 is 11.1 Å². The minimum absolute atomic E-state index is 0.0330. The van der Waals surface area contributed by atoms with Crippen LogP contribution in [0.25, 0.3) is 0 Å². The molecule has 0 aliphatic carbocycles. The first-order chi connectivity index (χ1) is 15.1. The number of aliphatic imine (C=N–C) groups is 1. The molecule has 1 aliphatic rings. The highest BCUT2D eigenvalue weighted by Crippen LogP contribution is 2.32. The molecular formula is C18H15Cl2F3N8O. The summed E-state index contributed by atoms with van der Waals surface area (Å²) in [5, 5.41) is 7.58. The third-order valence-electron chi connectivity index (χ3n) is 4.02. The lowest BCUT2D eigenvalue weighted by Crippen LogP contribution is -2.32. The minimum Gasteiger partial charge on any atom is -0.404 e. The predicted octanol–water partition coefficient (Wildman–Crippen LogP) is 3.52. The maximum atomic E-state index is 13.7. The van der Waals surface area contributed by atoms with Gasteiger partial charge in [-0.25, -0.2) is 15.4 Å². The van der Waals surface area contributed by atoms with Gasteiger partial charge in [-0.3, -0.25) is 9.78 Å². The van der Waals surface area contributed by atoms with Crippen LogP contribution in [0.3, 0.4) is 0 Å². The normalized spacial score (nSPS) is 14.8. The van der Waals surface area contributed by atoms with Gasteiger partial charge in [-0.15, -0.1) is 0 Å². The fourth-order valence-electron chi connectivity index (χ4n) is 2.55. The van der Waals surface area contributed by atoms with Crippen LogP contribution in [-0.4, -0.2) is 40.5 Å². The topological polar surface area (TPSA) is 121 Å². The number of aryl methyl sites for hydroxylation is 1. The molecule has 3 heterocycles. The zero-order valence-electron chi connectivity index (χ0n) is 16.3. The summed E-state index contributed by atoms with van der Waals surface area (Å²) in [6.07, 6.45) is -0.469. The number of hydrazone groups is 1. The van der Waals surface area contributed by atoms with Gasteiger partial charge in [0.25, 0.3) is 5.91 Å². The minimum atomic E-state index is -5.01. The first kappa shape index (κ1) is 23.4. The van der Waals surface area contributed by atoms with Gasteiger partial charge in [0.2, 0.25) is 0 Å². The Morgan fingerprint density at radius 2 is 2.12 bits per heavy atom. The number of halogens is 5. The Morgan fingerprint density at radius 1 is 1.38 bits per heavy atom. The summed E-state index contributed by atoms with van der Waals surface area (Å²) in [4.78, 5) is 24.1. The van der Waals surface area contributed by atoms with Crippen LogP contribution in [0.2, 0.25) is 10.0 Å². The number of hydrazine groups is 1. The molecule has 1 aliphatic heterocycles. The second-order valence-electron chi connectivity index (χ2n) is 6.22. The summed E-state index contributed by atoms with van der Waals surface area (Å²) in [6, 6.07) is 2.49. The van der Waals surface area contributed by atoms with E-state index in [1.54, 1.807) is 6.21 Å². The average molecular weight is 487 g/mol. The summed E-state index contributed by atoms with van der Waals surface area (Å²) >= 11 is 12.1. The molecule has 0 radical (unpaired) electrons. The van der Waals surface area contributed by atoms with E-state index >= 15 is 0 Å². The SMILES string of the molecule is Cc1nccc(N=C(C(=CN)C(=O)Nc2cnc(N3N=CCN3)c(Cl)c2)C(F)(F)F)c1Cl. The number of amides is 1. The van der Waals surface area contributed by atoms with Crippen molar-refractivity contribution in [1.82, 2.24) is 15.4 Å². The van der Waals surface area contributed by atoms with E-state index in [4.69, 9.17) is 28.9 Å². The van der Waals surface area contributed by atoms with Crippen molar-refractivity contribution in [3.8, 4) is 0 Å². The van der Waals surface area contributed by atoms with Gasteiger partial charge in [0.05, 0.1) is 45.4 Å². The Morgan fingerprint density at radius 3 is 2.72 bits per heavy atom. The molecule has 2 aromatic rings. The van der Waals surface area contributed by atoms with Gasteiger partial charge in [0.1, 0.15) is 0 Å². The molecule has 2 aromatic heterocycles. The Kier molecular flexibility index (Phi) is 6.96. The van der Waals surface area contributed by atoms with Crippen LogP contribution >= 0.6 is 23.2 Å². The molecule has 0 bridgehead atoms. The molecule has 4 N–H and O–H groups in total. The van der Waals surface area contributed by atoms with Crippen molar-refractivity contribution in [2.24, 2.45) is 15.8 Å². The quantitative estimate of drug-likeness (QED) is 0.439. The van der Waals surface area contributed by atoms with Crippen LogP contribution in [0.15, 0.2) is 46.4 Å². The largest absolute Gasteiger partial charge is 0.434 e. The molecule has 0 fully saturated rings. The van der Waals surface area contributed by atoms with Gasteiger partial charge in [0.15, 0.2) is 11.5 Å². The van der Waals surface area contributed by atoms with Crippen molar-refractivity contribution >= 4 is 58.2 Å². The van der Waals surface area contributed by atoms with Crippen molar-refractivity contribution in [3.05, 3.63) is 52.0 Å². The molecule has 0 aromatic carbocycles. The third kappa shape index (κ3) is 5.15. The van der Waals surface area contributed by atoms with Crippen molar-refractivity contribution in [2.45, 2.75) is 13.1 Å². The molecule has 0 atom stereocenters. The molecule has 0 unspecified atom stereocenters. The molecule has 32 heavy (non-hydrogen) atoms. The molecule has 0 spiro atoms. The Balaban J connectivity index is 1.90. The number of rotatable bonds is 5. The van der Waals surface area contributed by atoms with Gasteiger partial charge in [-0.1, -0.05) is 23.2 Å². The second kappa shape index (κ2) is 9.51. The van der Waals surface area contributed by atoms with Crippen LogP contribution < -0.4 is 21.6 Å². The number of hydrogen-bond acceptors (Lipinski definition) is 8. The number of aromatic nitrogens is 2. The number of pyridine rings is 2. The second-order valence-corrected chi connectivity index (χ2v) is 7.01. The molecule has 3 rings (SSSR count). The van der Waals surface area contributed by atoms with E-state index in [1.807, 2.05) is 0 Å². The highest BCUT2D eigenvalue weighted by atomic mass is 35.5. The van der Waals surface area contributed by atoms with Crippen LogP contribution in [0.5, 0.6) is 0 Å². The number of nitrogens with one attached hydrogen (secondary N) is 2. The summed E-state index contributed by atoms with van der Waals surface area (Å²) in [5.41, 5.74) is 5.86.